The van der Waals surface area contributed by atoms with Crippen molar-refractivity contribution < 1.29 is 8.91 Å². The minimum Gasteiger partial charge on any atom is -0.332 e. The Kier molecular flexibility index (Phi) is 3.02. The highest BCUT2D eigenvalue weighted by atomic mass is 19.1. The SMILES string of the molecule is Fc1ccc(-c2nc(C3CCCNC3)no2)nc1. The van der Waals surface area contributed by atoms with Gasteiger partial charge in [0, 0.05) is 12.5 Å². The summed E-state index contributed by atoms with van der Waals surface area (Å²) in [5.74, 6) is 0.950. The van der Waals surface area contributed by atoms with Crippen LogP contribution >= 0.6 is 0 Å². The van der Waals surface area contributed by atoms with Crippen molar-refractivity contribution in [1.29, 1.82) is 0 Å². The highest BCUT2D eigenvalue weighted by Gasteiger charge is 2.21. The van der Waals surface area contributed by atoms with Gasteiger partial charge in [0.1, 0.15) is 11.5 Å². The Balaban J connectivity index is 1.82. The molecule has 0 aliphatic carbocycles. The number of piperidine rings is 1. The minimum absolute atomic E-state index is 0.289. The highest BCUT2D eigenvalue weighted by molar-refractivity contribution is 5.45. The molecule has 0 amide bonds. The van der Waals surface area contributed by atoms with Gasteiger partial charge in [-0.05, 0) is 31.5 Å². The first-order chi connectivity index (χ1) is 8.83. The first-order valence-corrected chi connectivity index (χ1v) is 5.99. The van der Waals surface area contributed by atoms with Gasteiger partial charge in [-0.3, -0.25) is 0 Å². The van der Waals surface area contributed by atoms with Gasteiger partial charge >= 0.3 is 0 Å². The summed E-state index contributed by atoms with van der Waals surface area (Å²) in [6.45, 7) is 1.91. The van der Waals surface area contributed by atoms with Crippen LogP contribution in [0.15, 0.2) is 22.9 Å². The third-order valence-corrected chi connectivity index (χ3v) is 3.05. The zero-order chi connectivity index (χ0) is 12.4. The average Bonchev–Trinajstić information content (AvgIpc) is 2.90. The third-order valence-electron chi connectivity index (χ3n) is 3.05. The van der Waals surface area contributed by atoms with E-state index in [0.29, 0.717) is 17.4 Å². The molecular formula is C12H13FN4O. The van der Waals surface area contributed by atoms with Crippen LogP contribution in [0.2, 0.25) is 0 Å². The van der Waals surface area contributed by atoms with E-state index in [2.05, 4.69) is 20.4 Å². The lowest BCUT2D eigenvalue weighted by Gasteiger charge is -2.19. The molecule has 0 spiro atoms. The Labute approximate surface area is 103 Å². The van der Waals surface area contributed by atoms with Crippen LogP contribution in [0, 0.1) is 5.82 Å². The van der Waals surface area contributed by atoms with Gasteiger partial charge < -0.3 is 9.84 Å². The molecule has 2 aromatic rings. The average molecular weight is 248 g/mol. The Morgan fingerprint density at radius 2 is 2.33 bits per heavy atom. The number of aromatic nitrogens is 3. The smallest absolute Gasteiger partial charge is 0.276 e. The molecule has 18 heavy (non-hydrogen) atoms. The number of pyridine rings is 1. The van der Waals surface area contributed by atoms with Crippen LogP contribution in [0.4, 0.5) is 4.39 Å². The first-order valence-electron chi connectivity index (χ1n) is 5.99. The zero-order valence-corrected chi connectivity index (χ0v) is 9.77. The summed E-state index contributed by atoms with van der Waals surface area (Å²) in [5.41, 5.74) is 0.499. The predicted octanol–water partition coefficient (Wildman–Crippen LogP) is 1.74. The fourth-order valence-electron chi connectivity index (χ4n) is 2.08. The summed E-state index contributed by atoms with van der Waals surface area (Å²) in [7, 11) is 0. The van der Waals surface area contributed by atoms with E-state index < -0.39 is 0 Å². The normalized spacial score (nSPS) is 19.9. The van der Waals surface area contributed by atoms with Crippen LogP contribution in [-0.4, -0.2) is 28.2 Å². The summed E-state index contributed by atoms with van der Waals surface area (Å²) in [5, 5.41) is 7.28. The molecule has 0 saturated carbocycles. The number of halogens is 1. The lowest BCUT2D eigenvalue weighted by molar-refractivity contribution is 0.392. The molecule has 1 saturated heterocycles. The van der Waals surface area contributed by atoms with Crippen LogP contribution in [0.3, 0.4) is 0 Å². The van der Waals surface area contributed by atoms with E-state index in [0.717, 1.165) is 32.1 Å². The second-order valence-corrected chi connectivity index (χ2v) is 4.36. The van der Waals surface area contributed by atoms with E-state index in [4.69, 9.17) is 4.52 Å². The van der Waals surface area contributed by atoms with E-state index in [1.165, 1.54) is 12.1 Å². The Morgan fingerprint density at radius 3 is 3.06 bits per heavy atom. The summed E-state index contributed by atoms with van der Waals surface area (Å²) in [4.78, 5) is 8.25. The van der Waals surface area contributed by atoms with Gasteiger partial charge in [0.15, 0.2) is 5.82 Å². The lowest BCUT2D eigenvalue weighted by Crippen LogP contribution is -2.28. The van der Waals surface area contributed by atoms with Crippen LogP contribution < -0.4 is 5.32 Å². The van der Waals surface area contributed by atoms with Crippen LogP contribution in [-0.2, 0) is 0 Å². The second kappa shape index (κ2) is 4.81. The molecule has 5 nitrogen and oxygen atoms in total. The lowest BCUT2D eigenvalue weighted by atomic mass is 9.99. The Morgan fingerprint density at radius 1 is 1.39 bits per heavy atom. The summed E-state index contributed by atoms with van der Waals surface area (Å²) in [6, 6.07) is 2.86. The van der Waals surface area contributed by atoms with Crippen molar-refractivity contribution in [3.8, 4) is 11.6 Å². The van der Waals surface area contributed by atoms with Crippen molar-refractivity contribution in [3.63, 3.8) is 0 Å². The van der Waals surface area contributed by atoms with Crippen molar-refractivity contribution in [2.45, 2.75) is 18.8 Å². The molecule has 1 aliphatic heterocycles. The molecule has 0 aromatic carbocycles. The first kappa shape index (κ1) is 11.3. The number of nitrogens with one attached hydrogen (secondary N) is 1. The molecule has 1 N–H and O–H groups in total. The summed E-state index contributed by atoms with van der Waals surface area (Å²) < 4.78 is 17.9. The topological polar surface area (TPSA) is 63.8 Å². The molecule has 2 aromatic heterocycles. The molecule has 94 valence electrons. The number of hydrogen-bond acceptors (Lipinski definition) is 5. The molecule has 1 aliphatic rings. The third kappa shape index (κ3) is 2.24. The maximum atomic E-state index is 12.8. The van der Waals surface area contributed by atoms with Gasteiger partial charge in [-0.15, -0.1) is 0 Å². The number of hydrogen-bond donors (Lipinski definition) is 1. The molecule has 0 radical (unpaired) electrons. The monoisotopic (exact) mass is 248 g/mol. The Bertz CT molecular complexity index is 519. The van der Waals surface area contributed by atoms with E-state index >= 15 is 0 Å². The maximum absolute atomic E-state index is 12.8. The minimum atomic E-state index is -0.380. The zero-order valence-electron chi connectivity index (χ0n) is 9.77. The molecule has 1 unspecified atom stereocenters. The van der Waals surface area contributed by atoms with Gasteiger partial charge in [0.05, 0.1) is 6.20 Å². The van der Waals surface area contributed by atoms with E-state index in [1.807, 2.05) is 0 Å². The molecular weight excluding hydrogens is 235 g/mol. The van der Waals surface area contributed by atoms with Crippen molar-refractivity contribution in [2.75, 3.05) is 13.1 Å². The molecule has 1 fully saturated rings. The Hall–Kier alpha value is -1.82. The predicted molar refractivity (Wildman–Crippen MR) is 62.3 cm³/mol. The van der Waals surface area contributed by atoms with Gasteiger partial charge in [0.2, 0.25) is 0 Å². The van der Waals surface area contributed by atoms with E-state index in [1.54, 1.807) is 0 Å². The van der Waals surface area contributed by atoms with Gasteiger partial charge in [0.25, 0.3) is 5.89 Å². The summed E-state index contributed by atoms with van der Waals surface area (Å²) in [6.07, 6.45) is 3.31. The number of rotatable bonds is 2. The molecule has 3 heterocycles. The van der Waals surface area contributed by atoms with Crippen molar-refractivity contribution >= 4 is 0 Å². The van der Waals surface area contributed by atoms with Gasteiger partial charge in [-0.25, -0.2) is 9.37 Å². The molecule has 3 rings (SSSR count). The van der Waals surface area contributed by atoms with Gasteiger partial charge in [-0.2, -0.15) is 4.98 Å². The van der Waals surface area contributed by atoms with Gasteiger partial charge in [-0.1, -0.05) is 5.16 Å². The number of nitrogens with zero attached hydrogens (tertiary/aromatic N) is 3. The maximum Gasteiger partial charge on any atom is 0.276 e. The standard InChI is InChI=1S/C12H13FN4O/c13-9-3-4-10(15-7-9)12-16-11(17-18-12)8-2-1-5-14-6-8/h3-4,7-8,14H,1-2,5-6H2. The summed E-state index contributed by atoms with van der Waals surface area (Å²) >= 11 is 0. The van der Waals surface area contributed by atoms with Crippen LogP contribution in [0.25, 0.3) is 11.6 Å². The second-order valence-electron chi connectivity index (χ2n) is 4.36. The highest BCUT2D eigenvalue weighted by Crippen LogP contribution is 2.23. The molecule has 1 atom stereocenters. The largest absolute Gasteiger partial charge is 0.332 e. The fraction of sp³-hybridized carbons (Fsp3) is 0.417. The fourth-order valence-corrected chi connectivity index (χ4v) is 2.08. The van der Waals surface area contributed by atoms with Crippen molar-refractivity contribution in [2.24, 2.45) is 0 Å². The van der Waals surface area contributed by atoms with Crippen LogP contribution in [0.1, 0.15) is 24.6 Å². The molecule has 6 heteroatoms. The van der Waals surface area contributed by atoms with E-state index in [9.17, 15) is 4.39 Å². The van der Waals surface area contributed by atoms with E-state index in [-0.39, 0.29) is 11.7 Å². The van der Waals surface area contributed by atoms with Crippen molar-refractivity contribution in [1.82, 2.24) is 20.4 Å². The van der Waals surface area contributed by atoms with Crippen molar-refractivity contribution in [3.05, 3.63) is 30.0 Å². The van der Waals surface area contributed by atoms with Crippen LogP contribution in [0.5, 0.6) is 0 Å². The molecule has 0 bridgehead atoms. The quantitative estimate of drug-likeness (QED) is 0.877.